The third-order valence-corrected chi connectivity index (χ3v) is 3.58. The van der Waals surface area contributed by atoms with Crippen molar-refractivity contribution in [3.63, 3.8) is 0 Å². The lowest BCUT2D eigenvalue weighted by Gasteiger charge is -2.25. The molecule has 2 N–H and O–H groups in total. The number of aliphatic hydroxyl groups is 1. The molecule has 0 spiro atoms. The molecule has 0 saturated carbocycles. The summed E-state index contributed by atoms with van der Waals surface area (Å²) in [6, 6.07) is 5.29. The lowest BCUT2D eigenvalue weighted by molar-refractivity contribution is 0.0314. The highest BCUT2D eigenvalue weighted by molar-refractivity contribution is 6.33. The first-order valence-corrected chi connectivity index (χ1v) is 6.56. The fourth-order valence-corrected chi connectivity index (χ4v) is 1.97. The second kappa shape index (κ2) is 6.21. The molecule has 0 radical (unpaired) electrons. The number of nitrogens with one attached hydrogen (secondary N) is 1. The molecule has 1 aromatic rings. The van der Waals surface area contributed by atoms with Crippen molar-refractivity contribution in [1.29, 1.82) is 0 Å². The van der Waals surface area contributed by atoms with Gasteiger partial charge in [-0.25, -0.2) is 0 Å². The maximum atomic E-state index is 11.9. The zero-order valence-corrected chi connectivity index (χ0v) is 11.8. The van der Waals surface area contributed by atoms with Gasteiger partial charge in [-0.2, -0.15) is 0 Å². The average molecular weight is 270 g/mol. The summed E-state index contributed by atoms with van der Waals surface area (Å²) < 4.78 is 0. The molecule has 1 amide bonds. The van der Waals surface area contributed by atoms with Crippen LogP contribution in [0.25, 0.3) is 0 Å². The normalized spacial score (nSPS) is 11.4. The molecule has 0 bridgehead atoms. The second-order valence-corrected chi connectivity index (χ2v) is 5.00. The summed E-state index contributed by atoms with van der Waals surface area (Å²) in [6.07, 6.45) is 1.21. The SMILES string of the molecule is CCC(O)(CC)CNC(=O)c1ccc(C)cc1Cl. The van der Waals surface area contributed by atoms with Gasteiger partial charge in [0.15, 0.2) is 0 Å². The zero-order valence-electron chi connectivity index (χ0n) is 11.1. The Hall–Kier alpha value is -1.06. The summed E-state index contributed by atoms with van der Waals surface area (Å²) in [5.41, 5.74) is 0.610. The Balaban J connectivity index is 2.71. The summed E-state index contributed by atoms with van der Waals surface area (Å²) in [5, 5.41) is 13.3. The van der Waals surface area contributed by atoms with Crippen molar-refractivity contribution >= 4 is 17.5 Å². The highest BCUT2D eigenvalue weighted by Gasteiger charge is 2.23. The Morgan fingerprint density at radius 3 is 2.50 bits per heavy atom. The van der Waals surface area contributed by atoms with E-state index in [-0.39, 0.29) is 12.5 Å². The molecule has 3 nitrogen and oxygen atoms in total. The van der Waals surface area contributed by atoms with Gasteiger partial charge >= 0.3 is 0 Å². The van der Waals surface area contributed by atoms with Crippen LogP contribution in [-0.2, 0) is 0 Å². The predicted octanol–water partition coefficient (Wildman–Crippen LogP) is 2.93. The van der Waals surface area contributed by atoms with Crippen molar-refractivity contribution in [2.45, 2.75) is 39.2 Å². The number of halogens is 1. The number of carbonyl (C=O) groups is 1. The monoisotopic (exact) mass is 269 g/mol. The first-order chi connectivity index (χ1) is 8.41. The molecular formula is C14H20ClNO2. The Labute approximate surface area is 113 Å². The zero-order chi connectivity index (χ0) is 13.8. The summed E-state index contributed by atoms with van der Waals surface area (Å²) in [6.45, 7) is 5.95. The largest absolute Gasteiger partial charge is 0.388 e. The molecule has 0 saturated heterocycles. The average Bonchev–Trinajstić information content (AvgIpc) is 2.35. The third kappa shape index (κ3) is 3.72. The van der Waals surface area contributed by atoms with Crippen LogP contribution in [0.3, 0.4) is 0 Å². The highest BCUT2D eigenvalue weighted by atomic mass is 35.5. The van der Waals surface area contributed by atoms with Crippen molar-refractivity contribution in [3.05, 3.63) is 34.3 Å². The van der Waals surface area contributed by atoms with Crippen molar-refractivity contribution < 1.29 is 9.90 Å². The molecule has 0 aliphatic carbocycles. The van der Waals surface area contributed by atoms with E-state index in [0.717, 1.165) is 5.56 Å². The van der Waals surface area contributed by atoms with Crippen molar-refractivity contribution in [2.75, 3.05) is 6.54 Å². The quantitative estimate of drug-likeness (QED) is 0.863. The van der Waals surface area contributed by atoms with Gasteiger partial charge in [0, 0.05) is 6.54 Å². The maximum Gasteiger partial charge on any atom is 0.252 e. The number of benzene rings is 1. The van der Waals surface area contributed by atoms with Gasteiger partial charge in [0.2, 0.25) is 0 Å². The highest BCUT2D eigenvalue weighted by Crippen LogP contribution is 2.18. The van der Waals surface area contributed by atoms with Crippen LogP contribution < -0.4 is 5.32 Å². The Morgan fingerprint density at radius 1 is 1.39 bits per heavy atom. The van der Waals surface area contributed by atoms with Gasteiger partial charge in [-0.05, 0) is 37.5 Å². The molecule has 0 aliphatic heterocycles. The molecule has 0 aromatic heterocycles. The van der Waals surface area contributed by atoms with Crippen LogP contribution in [-0.4, -0.2) is 23.2 Å². The van der Waals surface area contributed by atoms with Crippen LogP contribution in [0.4, 0.5) is 0 Å². The third-order valence-electron chi connectivity index (χ3n) is 3.26. The number of carbonyl (C=O) groups excluding carboxylic acids is 1. The van der Waals surface area contributed by atoms with Crippen LogP contribution in [0.2, 0.25) is 5.02 Å². The van der Waals surface area contributed by atoms with Gasteiger partial charge in [0.05, 0.1) is 16.2 Å². The Morgan fingerprint density at radius 2 is 2.00 bits per heavy atom. The molecule has 4 heteroatoms. The van der Waals surface area contributed by atoms with Crippen molar-refractivity contribution in [1.82, 2.24) is 5.32 Å². The lowest BCUT2D eigenvalue weighted by Crippen LogP contribution is -2.42. The van der Waals surface area contributed by atoms with Crippen LogP contribution in [0.5, 0.6) is 0 Å². The van der Waals surface area contributed by atoms with E-state index in [1.165, 1.54) is 0 Å². The molecular weight excluding hydrogens is 250 g/mol. The summed E-state index contributed by atoms with van der Waals surface area (Å²) >= 11 is 6.02. The van der Waals surface area contributed by atoms with Crippen LogP contribution in [0.1, 0.15) is 42.6 Å². The standard InChI is InChI=1S/C14H20ClNO2/c1-4-14(18,5-2)9-16-13(17)11-7-6-10(3)8-12(11)15/h6-8,18H,4-5,9H2,1-3H3,(H,16,17). The molecule has 0 unspecified atom stereocenters. The number of hydrogen-bond acceptors (Lipinski definition) is 2. The number of amides is 1. The van der Waals surface area contributed by atoms with Gasteiger partial charge in [-0.3, -0.25) is 4.79 Å². The van der Waals surface area contributed by atoms with E-state index in [1.54, 1.807) is 12.1 Å². The fourth-order valence-electron chi connectivity index (χ4n) is 1.64. The smallest absolute Gasteiger partial charge is 0.252 e. The first-order valence-electron chi connectivity index (χ1n) is 6.18. The number of aryl methyl sites for hydroxylation is 1. The maximum absolute atomic E-state index is 11.9. The molecule has 0 atom stereocenters. The van der Waals surface area contributed by atoms with E-state index >= 15 is 0 Å². The van der Waals surface area contributed by atoms with E-state index < -0.39 is 5.60 Å². The van der Waals surface area contributed by atoms with E-state index in [2.05, 4.69) is 5.32 Å². The van der Waals surface area contributed by atoms with E-state index in [0.29, 0.717) is 23.4 Å². The van der Waals surface area contributed by atoms with Crippen LogP contribution in [0.15, 0.2) is 18.2 Å². The van der Waals surface area contributed by atoms with Crippen LogP contribution in [0, 0.1) is 6.92 Å². The van der Waals surface area contributed by atoms with Crippen molar-refractivity contribution in [3.8, 4) is 0 Å². The van der Waals surface area contributed by atoms with Gasteiger partial charge < -0.3 is 10.4 Å². The van der Waals surface area contributed by atoms with Crippen molar-refractivity contribution in [2.24, 2.45) is 0 Å². The second-order valence-electron chi connectivity index (χ2n) is 4.60. The minimum Gasteiger partial charge on any atom is -0.388 e. The van der Waals surface area contributed by atoms with Gasteiger partial charge in [0.25, 0.3) is 5.91 Å². The summed E-state index contributed by atoms with van der Waals surface area (Å²) in [5.74, 6) is -0.250. The van der Waals surface area contributed by atoms with E-state index in [1.807, 2.05) is 26.8 Å². The van der Waals surface area contributed by atoms with Gasteiger partial charge in [0.1, 0.15) is 0 Å². The van der Waals surface area contributed by atoms with Crippen LogP contribution >= 0.6 is 11.6 Å². The van der Waals surface area contributed by atoms with Gasteiger partial charge in [-0.15, -0.1) is 0 Å². The Kier molecular flexibility index (Phi) is 5.17. The fraction of sp³-hybridized carbons (Fsp3) is 0.500. The number of rotatable bonds is 5. The van der Waals surface area contributed by atoms with E-state index in [4.69, 9.17) is 11.6 Å². The molecule has 1 rings (SSSR count). The summed E-state index contributed by atoms with van der Waals surface area (Å²) in [7, 11) is 0. The predicted molar refractivity (Wildman–Crippen MR) is 74.1 cm³/mol. The molecule has 18 heavy (non-hydrogen) atoms. The molecule has 100 valence electrons. The minimum atomic E-state index is -0.840. The van der Waals surface area contributed by atoms with E-state index in [9.17, 15) is 9.90 Å². The molecule has 0 fully saturated rings. The minimum absolute atomic E-state index is 0.239. The molecule has 1 aromatic carbocycles. The lowest BCUT2D eigenvalue weighted by atomic mass is 9.97. The summed E-state index contributed by atoms with van der Waals surface area (Å²) in [4.78, 5) is 11.9. The first kappa shape index (κ1) is 15.0. The Bertz CT molecular complexity index is 428. The van der Waals surface area contributed by atoms with Gasteiger partial charge in [-0.1, -0.05) is 31.5 Å². The topological polar surface area (TPSA) is 49.3 Å². The number of hydrogen-bond donors (Lipinski definition) is 2. The molecule has 0 aliphatic rings. The molecule has 0 heterocycles.